The number of halogens is 1. The van der Waals surface area contributed by atoms with Crippen LogP contribution in [0.4, 0.5) is 0 Å². The van der Waals surface area contributed by atoms with E-state index in [2.05, 4.69) is 4.98 Å². The Hall–Kier alpha value is -2.26. The van der Waals surface area contributed by atoms with E-state index in [0.717, 1.165) is 10.9 Å². The first-order chi connectivity index (χ1) is 10.2. The number of hydrogen-bond acceptors (Lipinski definition) is 2. The van der Waals surface area contributed by atoms with Crippen LogP contribution in [0.5, 0.6) is 5.75 Å². The van der Waals surface area contributed by atoms with Crippen molar-refractivity contribution in [3.05, 3.63) is 65.3 Å². The van der Waals surface area contributed by atoms with Gasteiger partial charge in [-0.05, 0) is 25.1 Å². The highest BCUT2D eigenvalue weighted by Crippen LogP contribution is 2.26. The fourth-order valence-corrected chi connectivity index (χ4v) is 2.46. The zero-order valence-electron chi connectivity index (χ0n) is 11.5. The number of fused-ring (bicyclic) bond motifs is 1. The third-order valence-corrected chi connectivity index (χ3v) is 3.68. The fraction of sp³-hybridized carbons (Fsp3) is 0.118. The number of aromatic nitrogens is 1. The third kappa shape index (κ3) is 2.65. The van der Waals surface area contributed by atoms with Crippen LogP contribution in [0, 0.1) is 0 Å². The van der Waals surface area contributed by atoms with Crippen molar-refractivity contribution in [2.45, 2.75) is 13.0 Å². The fourth-order valence-electron chi connectivity index (χ4n) is 2.28. The molecule has 0 saturated carbocycles. The van der Waals surface area contributed by atoms with E-state index in [9.17, 15) is 4.79 Å². The highest BCUT2D eigenvalue weighted by Gasteiger charge is 2.20. The number of hydrogen-bond donors (Lipinski definition) is 1. The van der Waals surface area contributed by atoms with Gasteiger partial charge in [-0.3, -0.25) is 4.79 Å². The smallest absolute Gasteiger partial charge is 0.205 e. The molecule has 0 bridgehead atoms. The molecule has 1 aromatic heterocycles. The van der Waals surface area contributed by atoms with E-state index in [1.807, 2.05) is 36.4 Å². The number of ether oxygens (including phenoxy) is 1. The number of aromatic amines is 1. The van der Waals surface area contributed by atoms with Crippen molar-refractivity contribution in [3.8, 4) is 5.75 Å². The molecule has 4 heteroatoms. The van der Waals surface area contributed by atoms with E-state index < -0.39 is 6.10 Å². The summed E-state index contributed by atoms with van der Waals surface area (Å²) in [5.41, 5.74) is 1.57. The number of para-hydroxylation sites is 2. The van der Waals surface area contributed by atoms with Crippen LogP contribution in [0.3, 0.4) is 0 Å². The number of H-pyrrole nitrogens is 1. The minimum atomic E-state index is -0.607. The van der Waals surface area contributed by atoms with Gasteiger partial charge in [0.15, 0.2) is 6.10 Å². The van der Waals surface area contributed by atoms with Crippen LogP contribution in [0.15, 0.2) is 54.7 Å². The zero-order chi connectivity index (χ0) is 14.8. The minimum Gasteiger partial charge on any atom is -0.481 e. The van der Waals surface area contributed by atoms with Crippen LogP contribution < -0.4 is 4.74 Å². The lowest BCUT2D eigenvalue weighted by Gasteiger charge is -2.14. The van der Waals surface area contributed by atoms with Crippen LogP contribution in [0.1, 0.15) is 17.3 Å². The summed E-state index contributed by atoms with van der Waals surface area (Å²) in [6.07, 6.45) is 1.11. The van der Waals surface area contributed by atoms with Crippen LogP contribution in [-0.2, 0) is 0 Å². The molecule has 0 aliphatic heterocycles. The largest absolute Gasteiger partial charge is 0.481 e. The third-order valence-electron chi connectivity index (χ3n) is 3.36. The maximum absolute atomic E-state index is 12.5. The maximum atomic E-state index is 12.5. The van der Waals surface area contributed by atoms with Gasteiger partial charge < -0.3 is 9.72 Å². The molecule has 1 atom stereocenters. The summed E-state index contributed by atoms with van der Waals surface area (Å²) in [4.78, 5) is 15.6. The monoisotopic (exact) mass is 299 g/mol. The van der Waals surface area contributed by atoms with Gasteiger partial charge in [0, 0.05) is 22.7 Å². The Labute approximate surface area is 127 Å². The van der Waals surface area contributed by atoms with Crippen LogP contribution in [0.25, 0.3) is 10.9 Å². The molecule has 3 rings (SSSR count). The molecule has 106 valence electrons. The first kappa shape index (κ1) is 13.7. The van der Waals surface area contributed by atoms with Crippen molar-refractivity contribution in [1.82, 2.24) is 4.98 Å². The van der Waals surface area contributed by atoms with Gasteiger partial charge in [0.1, 0.15) is 5.75 Å². The van der Waals surface area contributed by atoms with Crippen LogP contribution in [0.2, 0.25) is 5.02 Å². The Balaban J connectivity index is 1.86. The van der Waals surface area contributed by atoms with Crippen molar-refractivity contribution >= 4 is 28.3 Å². The van der Waals surface area contributed by atoms with Crippen molar-refractivity contribution in [2.24, 2.45) is 0 Å². The van der Waals surface area contributed by atoms with Gasteiger partial charge in [-0.1, -0.05) is 41.9 Å². The minimum absolute atomic E-state index is 0.0765. The number of ketones is 1. The Bertz CT molecular complexity index is 794. The van der Waals surface area contributed by atoms with Crippen molar-refractivity contribution in [1.29, 1.82) is 0 Å². The quantitative estimate of drug-likeness (QED) is 0.722. The predicted octanol–water partition coefficient (Wildman–Crippen LogP) is 4.47. The van der Waals surface area contributed by atoms with Gasteiger partial charge in [-0.15, -0.1) is 0 Å². The van der Waals surface area contributed by atoms with Crippen LogP contribution >= 0.6 is 11.6 Å². The van der Waals surface area contributed by atoms with Crippen molar-refractivity contribution in [2.75, 3.05) is 0 Å². The molecule has 21 heavy (non-hydrogen) atoms. The molecule has 0 amide bonds. The summed E-state index contributed by atoms with van der Waals surface area (Å²) in [5, 5.41) is 1.40. The van der Waals surface area contributed by atoms with E-state index in [0.29, 0.717) is 16.3 Å². The first-order valence-corrected chi connectivity index (χ1v) is 7.06. The van der Waals surface area contributed by atoms with E-state index >= 15 is 0 Å². The predicted molar refractivity (Wildman–Crippen MR) is 84.2 cm³/mol. The summed E-state index contributed by atoms with van der Waals surface area (Å²) in [7, 11) is 0. The second-order valence-electron chi connectivity index (χ2n) is 4.80. The highest BCUT2D eigenvalue weighted by molar-refractivity contribution is 6.32. The molecule has 3 nitrogen and oxygen atoms in total. The lowest BCUT2D eigenvalue weighted by molar-refractivity contribution is 0.0820. The SMILES string of the molecule is C[C@H](Oc1ccccc1Cl)C(=O)c1c[nH]c2ccccc12. The van der Waals surface area contributed by atoms with Gasteiger partial charge in [0.2, 0.25) is 5.78 Å². The van der Waals surface area contributed by atoms with E-state index in [-0.39, 0.29) is 5.78 Å². The second-order valence-corrected chi connectivity index (χ2v) is 5.21. The summed E-state index contributed by atoms with van der Waals surface area (Å²) in [6, 6.07) is 14.8. The van der Waals surface area contributed by atoms with Gasteiger partial charge in [-0.25, -0.2) is 0 Å². The molecule has 3 aromatic rings. The Kier molecular flexibility index (Phi) is 3.67. The molecule has 0 aliphatic rings. The maximum Gasteiger partial charge on any atom is 0.205 e. The van der Waals surface area contributed by atoms with Crippen molar-refractivity contribution in [3.63, 3.8) is 0 Å². The molecule has 0 unspecified atom stereocenters. The Morgan fingerprint density at radius 1 is 1.14 bits per heavy atom. The van der Waals surface area contributed by atoms with Gasteiger partial charge in [0.25, 0.3) is 0 Å². The van der Waals surface area contributed by atoms with E-state index in [4.69, 9.17) is 16.3 Å². The summed E-state index contributed by atoms with van der Waals surface area (Å²) >= 11 is 6.05. The molecule has 0 saturated heterocycles. The summed E-state index contributed by atoms with van der Waals surface area (Å²) < 4.78 is 5.68. The number of benzene rings is 2. The molecular weight excluding hydrogens is 286 g/mol. The highest BCUT2D eigenvalue weighted by atomic mass is 35.5. The molecule has 2 aromatic carbocycles. The average Bonchev–Trinajstić information content (AvgIpc) is 2.92. The lowest BCUT2D eigenvalue weighted by atomic mass is 10.1. The van der Waals surface area contributed by atoms with E-state index in [1.165, 1.54) is 0 Å². The topological polar surface area (TPSA) is 42.1 Å². The summed E-state index contributed by atoms with van der Waals surface area (Å²) in [5.74, 6) is 0.437. The summed E-state index contributed by atoms with van der Waals surface area (Å²) in [6.45, 7) is 1.73. The van der Waals surface area contributed by atoms with Crippen LogP contribution in [-0.4, -0.2) is 16.9 Å². The standard InChI is InChI=1S/C17H14ClNO2/c1-11(21-16-9-5-3-7-14(16)18)17(20)13-10-19-15-8-4-2-6-12(13)15/h2-11,19H,1H3/t11-/m0/s1. The number of carbonyl (C=O) groups excluding carboxylic acids is 1. The number of Topliss-reactive ketones (excluding diaryl/α,β-unsaturated/α-hetero) is 1. The molecular formula is C17H14ClNO2. The molecule has 1 N–H and O–H groups in total. The molecule has 0 aliphatic carbocycles. The Morgan fingerprint density at radius 3 is 2.67 bits per heavy atom. The number of carbonyl (C=O) groups is 1. The molecule has 0 radical (unpaired) electrons. The second kappa shape index (κ2) is 5.62. The first-order valence-electron chi connectivity index (χ1n) is 6.68. The van der Waals surface area contributed by atoms with Gasteiger partial charge in [0.05, 0.1) is 5.02 Å². The average molecular weight is 300 g/mol. The molecule has 0 fully saturated rings. The number of rotatable bonds is 4. The lowest BCUT2D eigenvalue weighted by Crippen LogP contribution is -2.23. The molecule has 0 spiro atoms. The van der Waals surface area contributed by atoms with Crippen molar-refractivity contribution < 1.29 is 9.53 Å². The Morgan fingerprint density at radius 2 is 1.86 bits per heavy atom. The number of nitrogens with one attached hydrogen (secondary N) is 1. The van der Waals surface area contributed by atoms with Gasteiger partial charge in [-0.2, -0.15) is 0 Å². The molecule has 1 heterocycles. The van der Waals surface area contributed by atoms with E-state index in [1.54, 1.807) is 25.3 Å². The van der Waals surface area contributed by atoms with Gasteiger partial charge >= 0.3 is 0 Å². The normalized spacial score (nSPS) is 12.3. The zero-order valence-corrected chi connectivity index (χ0v) is 12.2.